The van der Waals surface area contributed by atoms with Crippen LogP contribution in [-0.2, 0) is 29.7 Å². The van der Waals surface area contributed by atoms with Crippen molar-refractivity contribution in [2.45, 2.75) is 39.5 Å². The number of carbonyl (C=O) groups excluding carboxylic acids is 2. The van der Waals surface area contributed by atoms with E-state index >= 15 is 0 Å². The van der Waals surface area contributed by atoms with Gasteiger partial charge in [0.15, 0.2) is 0 Å². The summed E-state index contributed by atoms with van der Waals surface area (Å²) in [6.45, 7) is 12.9. The number of hydrogen-bond acceptors (Lipinski definition) is 2. The molecule has 0 unspecified atom stereocenters. The Morgan fingerprint density at radius 3 is 0.500 bits per heavy atom. The topological polar surface area (TPSA) is 73.9 Å². The molecule has 8 rings (SSSR count). The van der Waals surface area contributed by atoms with Crippen LogP contribution in [0.25, 0.3) is 0 Å². The molecule has 0 amide bonds. The van der Waals surface area contributed by atoms with Crippen LogP contribution in [0.1, 0.15) is 39.5 Å². The van der Waals surface area contributed by atoms with E-state index in [0.29, 0.717) is 12.8 Å². The van der Waals surface area contributed by atoms with Gasteiger partial charge in [-0.25, -0.2) is 0 Å². The summed E-state index contributed by atoms with van der Waals surface area (Å²) in [6.07, 6.45) is 6.54. The second kappa shape index (κ2) is 44.3. The molecule has 0 bridgehead atoms. The molecule has 0 aliphatic heterocycles. The van der Waals surface area contributed by atoms with Gasteiger partial charge in [0.05, 0.1) is 0 Å². The SMILES string of the molecule is CCC[C-]=O.CCC[C-]=O.[C-]#[O+].[C-]#[O+].[I][Rh]([I])[I].[I][Rh]([I])[I].c1ccc([As+](c2ccccc2)(c2ccccc2)c2ccccc2)cc1.c1ccc([As+](c2ccccc2)(c2ccccc2)c2ccccc2)cc1. The molecule has 0 spiro atoms. The van der Waals surface area contributed by atoms with E-state index in [1.165, 1.54) is 34.8 Å². The first kappa shape index (κ1) is 69.3. The number of hydrogen-bond donors (Lipinski definition) is 0. The number of halogens is 6. The second-order valence-electron chi connectivity index (χ2n) is 14.1. The van der Waals surface area contributed by atoms with Crippen molar-refractivity contribution < 1.29 is 29.7 Å². The van der Waals surface area contributed by atoms with Crippen LogP contribution in [0.2, 0.25) is 0 Å². The molecule has 380 valence electrons. The summed E-state index contributed by atoms with van der Waals surface area (Å²) in [5, 5.41) is -0.333. The van der Waals surface area contributed by atoms with Gasteiger partial charge in [-0.2, -0.15) is 12.8 Å². The third-order valence-corrected chi connectivity index (χ3v) is 27.9. The predicted molar refractivity (Wildman–Crippen MR) is 353 cm³/mol. The monoisotopic (exact) mass is 1930 g/mol. The molecular formula is C58H54As2I6O4Rh2. The molecule has 0 saturated heterocycles. The van der Waals surface area contributed by atoms with Gasteiger partial charge in [0.25, 0.3) is 0 Å². The van der Waals surface area contributed by atoms with E-state index in [9.17, 15) is 9.59 Å². The average Bonchev–Trinajstić information content (AvgIpc) is 3.43. The van der Waals surface area contributed by atoms with Crippen molar-refractivity contribution in [3.8, 4) is 0 Å². The first-order valence-electron chi connectivity index (χ1n) is 21.8. The normalized spacial score (nSPS) is 10.1. The fourth-order valence-electron chi connectivity index (χ4n) is 7.21. The van der Waals surface area contributed by atoms with Crippen LogP contribution in [0.15, 0.2) is 243 Å². The molecule has 4 nitrogen and oxygen atoms in total. The summed E-state index contributed by atoms with van der Waals surface area (Å²) >= 11 is 9.14. The quantitative estimate of drug-likeness (QED) is 0.0529. The molecule has 0 aliphatic rings. The van der Waals surface area contributed by atoms with Crippen LogP contribution in [0.3, 0.4) is 0 Å². The molecule has 8 aromatic carbocycles. The van der Waals surface area contributed by atoms with E-state index in [-0.39, 0.29) is 10.8 Å². The fourth-order valence-corrected chi connectivity index (χ4v) is 25.1. The molecule has 0 aromatic heterocycles. The maximum absolute atomic E-state index is 9.28. The Hall–Kier alpha value is -0.676. The van der Waals surface area contributed by atoms with Gasteiger partial charge >= 0.3 is 456 Å². The summed E-state index contributed by atoms with van der Waals surface area (Å²) in [5.74, 6) is 0. The summed E-state index contributed by atoms with van der Waals surface area (Å²) < 4.78 is 26.6. The zero-order valence-corrected chi connectivity index (χ0v) is 59.4. The first-order chi connectivity index (χ1) is 35.1. The van der Waals surface area contributed by atoms with Crippen molar-refractivity contribution in [2.24, 2.45) is 0 Å². The fraction of sp³-hybridized carbons (Fsp3) is 0.103. The standard InChI is InChI=1S/2C24H20As.2C4H7O.2CO.6HI.2Rh/c2*1-5-13-21(14-6-1)25(22-15-7-2-8-16-22,23-17-9-3-10-18-23)24-19-11-4-12-20-24;2*1-2-3-4-5;2*1-2;;;;;;;;/h2*1-20H;2*2-3H2,1H3;;;6*1H;;/q2*+1;2*-1;;;;;;;;;2*+3/p-6. The van der Waals surface area contributed by atoms with E-state index < -0.39 is 27.1 Å². The molecule has 0 atom stereocenters. The van der Waals surface area contributed by atoms with Crippen molar-refractivity contribution in [1.82, 2.24) is 0 Å². The molecular weight excluding hydrogens is 1880 g/mol. The van der Waals surface area contributed by atoms with E-state index in [1.54, 1.807) is 12.6 Å². The molecule has 0 saturated carbocycles. The van der Waals surface area contributed by atoms with Crippen LogP contribution in [-0.4, -0.2) is 39.7 Å². The van der Waals surface area contributed by atoms with Gasteiger partial charge in [-0.05, 0) is 0 Å². The number of rotatable bonds is 12. The molecule has 0 heterocycles. The molecule has 0 fully saturated rings. The third kappa shape index (κ3) is 24.3. The van der Waals surface area contributed by atoms with Crippen molar-refractivity contribution in [3.05, 3.63) is 256 Å². The number of benzene rings is 8. The number of unbranched alkanes of at least 4 members (excludes halogenated alkanes) is 2. The van der Waals surface area contributed by atoms with Gasteiger partial charge < -0.3 is 9.59 Å². The predicted octanol–water partition coefficient (Wildman–Crippen LogP) is 13.2. The van der Waals surface area contributed by atoms with Crippen LogP contribution in [0.5, 0.6) is 0 Å². The van der Waals surface area contributed by atoms with Crippen molar-refractivity contribution in [3.63, 3.8) is 0 Å². The van der Waals surface area contributed by atoms with E-state index in [4.69, 9.17) is 9.30 Å². The summed E-state index contributed by atoms with van der Waals surface area (Å²) in [4.78, 5) is 18.6. The van der Waals surface area contributed by atoms with E-state index in [0.717, 1.165) is 12.8 Å². The van der Waals surface area contributed by atoms with Crippen LogP contribution in [0, 0.1) is 13.3 Å². The second-order valence-corrected chi connectivity index (χ2v) is 104. The van der Waals surface area contributed by atoms with E-state index in [1.807, 2.05) is 13.8 Å². The van der Waals surface area contributed by atoms with E-state index in [2.05, 4.69) is 374 Å². The summed E-state index contributed by atoms with van der Waals surface area (Å²) in [5.41, 5.74) is 0. The van der Waals surface area contributed by atoms with Crippen molar-refractivity contribution in [1.29, 1.82) is 0 Å². The Labute approximate surface area is 509 Å². The Kier molecular flexibility index (Phi) is 42.7. The minimum absolute atomic E-state index is 0.167. The van der Waals surface area contributed by atoms with Crippen molar-refractivity contribution >= 4 is 193 Å². The molecule has 0 N–H and O–H groups in total. The Balaban J connectivity index is 0.000000514. The van der Waals surface area contributed by atoms with Gasteiger partial charge in [-0.3, -0.25) is 12.6 Å². The van der Waals surface area contributed by atoms with Gasteiger partial charge in [0.1, 0.15) is 0 Å². The zero-order valence-electron chi connectivity index (χ0n) is 39.4. The molecule has 0 radical (unpaired) electrons. The Bertz CT molecular complexity index is 2080. The summed E-state index contributed by atoms with van der Waals surface area (Å²) in [7, 11) is 0. The van der Waals surface area contributed by atoms with Gasteiger partial charge in [-0.15, -0.1) is 0 Å². The molecule has 72 heavy (non-hydrogen) atoms. The average molecular weight is 1930 g/mol. The maximum atomic E-state index is 9.28. The summed E-state index contributed by atoms with van der Waals surface area (Å²) in [6, 6.07) is 88.4. The Morgan fingerprint density at radius 1 is 0.319 bits per heavy atom. The minimum atomic E-state index is -2.77. The Morgan fingerprint density at radius 2 is 0.431 bits per heavy atom. The van der Waals surface area contributed by atoms with Crippen LogP contribution in [0.4, 0.5) is 0 Å². The molecule has 14 heteroatoms. The first-order valence-corrected chi connectivity index (χ1v) is 58.5. The molecule has 0 aliphatic carbocycles. The third-order valence-electron chi connectivity index (χ3n) is 9.85. The van der Waals surface area contributed by atoms with Gasteiger partial charge in [-0.1, -0.05) is 26.7 Å². The van der Waals surface area contributed by atoms with Crippen LogP contribution < -0.4 is 34.8 Å². The van der Waals surface area contributed by atoms with Crippen LogP contribution >= 0.6 is 119 Å². The van der Waals surface area contributed by atoms with Crippen molar-refractivity contribution in [2.75, 3.05) is 0 Å². The van der Waals surface area contributed by atoms with Gasteiger partial charge in [0, 0.05) is 0 Å². The molecule has 8 aromatic rings. The van der Waals surface area contributed by atoms with Gasteiger partial charge in [0.2, 0.25) is 0 Å². The zero-order chi connectivity index (χ0) is 53.3.